The van der Waals surface area contributed by atoms with Crippen molar-refractivity contribution in [3.05, 3.63) is 47.8 Å². The van der Waals surface area contributed by atoms with Crippen molar-refractivity contribution in [2.45, 2.75) is 32.4 Å². The summed E-state index contributed by atoms with van der Waals surface area (Å²) in [5.74, 6) is 0. The number of hydrogen-bond acceptors (Lipinski definition) is 2. The van der Waals surface area contributed by atoms with Crippen LogP contribution in [-0.4, -0.2) is 33.8 Å². The fraction of sp³-hybridized carbons (Fsp3) is 0.375. The molecule has 1 aromatic carbocycles. The van der Waals surface area contributed by atoms with Crippen LogP contribution in [0.1, 0.15) is 18.1 Å². The maximum absolute atomic E-state index is 12.3. The van der Waals surface area contributed by atoms with Crippen LogP contribution in [0.4, 0.5) is 10.5 Å². The molecule has 5 nitrogen and oxygen atoms in total. The number of aryl methyl sites for hydroxylation is 1. The van der Waals surface area contributed by atoms with Crippen LogP contribution in [0.15, 0.2) is 36.7 Å². The maximum atomic E-state index is 12.3. The van der Waals surface area contributed by atoms with Crippen molar-refractivity contribution in [2.24, 2.45) is 0 Å². The molecule has 2 aromatic rings. The van der Waals surface area contributed by atoms with Crippen LogP contribution in [0.5, 0.6) is 0 Å². The average Bonchev–Trinajstić information content (AvgIpc) is 3.12. The third-order valence-electron chi connectivity index (χ3n) is 4.11. The molecule has 3 rings (SSSR count). The zero-order valence-electron chi connectivity index (χ0n) is 12.4. The standard InChI is InChI=1S/C16H20N4O/c1-3-20-11-14(10-17-20)18-16(21)19(2)15-8-12-6-4-5-7-13(12)9-15/h4-7,10-11,15H,3,8-9H2,1-2H3,(H,18,21). The smallest absolute Gasteiger partial charge is 0.321 e. The van der Waals surface area contributed by atoms with Gasteiger partial charge >= 0.3 is 6.03 Å². The summed E-state index contributed by atoms with van der Waals surface area (Å²) in [7, 11) is 1.86. The van der Waals surface area contributed by atoms with E-state index in [4.69, 9.17) is 0 Å². The molecule has 5 heteroatoms. The van der Waals surface area contributed by atoms with E-state index < -0.39 is 0 Å². The predicted molar refractivity (Wildman–Crippen MR) is 82.3 cm³/mol. The van der Waals surface area contributed by atoms with E-state index in [1.54, 1.807) is 15.8 Å². The van der Waals surface area contributed by atoms with E-state index in [9.17, 15) is 4.79 Å². The number of likely N-dealkylation sites (N-methyl/N-ethyl adjacent to an activating group) is 1. The van der Waals surface area contributed by atoms with Crippen LogP contribution in [0.3, 0.4) is 0 Å². The number of anilines is 1. The first kappa shape index (κ1) is 13.7. The normalized spacial score (nSPS) is 14.0. The lowest BCUT2D eigenvalue weighted by Crippen LogP contribution is -2.40. The molecule has 0 unspecified atom stereocenters. The summed E-state index contributed by atoms with van der Waals surface area (Å²) < 4.78 is 1.79. The van der Waals surface area contributed by atoms with Gasteiger partial charge in [0.25, 0.3) is 0 Å². The molecule has 1 N–H and O–H groups in total. The Hall–Kier alpha value is -2.30. The first-order chi connectivity index (χ1) is 10.2. The van der Waals surface area contributed by atoms with Gasteiger partial charge in [0.2, 0.25) is 0 Å². The minimum absolute atomic E-state index is 0.0801. The summed E-state index contributed by atoms with van der Waals surface area (Å²) >= 11 is 0. The highest BCUT2D eigenvalue weighted by Crippen LogP contribution is 2.25. The van der Waals surface area contributed by atoms with Gasteiger partial charge in [-0.3, -0.25) is 4.68 Å². The van der Waals surface area contributed by atoms with Crippen molar-refractivity contribution in [1.29, 1.82) is 0 Å². The van der Waals surface area contributed by atoms with Gasteiger partial charge in [0, 0.05) is 25.8 Å². The molecule has 0 atom stereocenters. The second-order valence-corrected chi connectivity index (χ2v) is 5.46. The third kappa shape index (κ3) is 2.77. The SMILES string of the molecule is CCn1cc(NC(=O)N(C)C2Cc3ccccc3C2)cn1. The molecule has 110 valence electrons. The van der Waals surface area contributed by atoms with Gasteiger partial charge in [-0.05, 0) is 30.9 Å². The van der Waals surface area contributed by atoms with E-state index >= 15 is 0 Å². The van der Waals surface area contributed by atoms with E-state index in [1.165, 1.54) is 11.1 Å². The Morgan fingerprint density at radius 1 is 1.38 bits per heavy atom. The van der Waals surface area contributed by atoms with E-state index in [0.29, 0.717) is 0 Å². The lowest BCUT2D eigenvalue weighted by Gasteiger charge is -2.24. The molecule has 21 heavy (non-hydrogen) atoms. The summed E-state index contributed by atoms with van der Waals surface area (Å²) in [6.07, 6.45) is 5.37. The summed E-state index contributed by atoms with van der Waals surface area (Å²) in [4.78, 5) is 14.1. The molecule has 0 saturated carbocycles. The van der Waals surface area contributed by atoms with Gasteiger partial charge in [-0.25, -0.2) is 4.79 Å². The van der Waals surface area contributed by atoms with Gasteiger partial charge in [-0.2, -0.15) is 5.10 Å². The minimum Gasteiger partial charge on any atom is -0.324 e. The molecule has 0 spiro atoms. The number of hydrogen-bond donors (Lipinski definition) is 1. The van der Waals surface area contributed by atoms with Gasteiger partial charge in [0.1, 0.15) is 0 Å². The van der Waals surface area contributed by atoms with Crippen molar-refractivity contribution >= 4 is 11.7 Å². The maximum Gasteiger partial charge on any atom is 0.321 e. The van der Waals surface area contributed by atoms with E-state index in [-0.39, 0.29) is 12.1 Å². The van der Waals surface area contributed by atoms with Crippen molar-refractivity contribution < 1.29 is 4.79 Å². The van der Waals surface area contributed by atoms with Crippen molar-refractivity contribution in [3.63, 3.8) is 0 Å². The first-order valence-electron chi connectivity index (χ1n) is 7.30. The van der Waals surface area contributed by atoms with Crippen LogP contribution >= 0.6 is 0 Å². The molecule has 2 amide bonds. The summed E-state index contributed by atoms with van der Waals surface area (Å²) in [5, 5.41) is 7.06. The number of nitrogens with zero attached hydrogens (tertiary/aromatic N) is 3. The summed E-state index contributed by atoms with van der Waals surface area (Å²) in [6.45, 7) is 2.81. The summed E-state index contributed by atoms with van der Waals surface area (Å²) in [6, 6.07) is 8.55. The fourth-order valence-corrected chi connectivity index (χ4v) is 2.79. The van der Waals surface area contributed by atoms with Crippen LogP contribution in [0, 0.1) is 0 Å². The summed E-state index contributed by atoms with van der Waals surface area (Å²) in [5.41, 5.74) is 3.44. The van der Waals surface area contributed by atoms with Crippen LogP contribution in [0.2, 0.25) is 0 Å². The molecule has 0 saturated heterocycles. The molecule has 1 aliphatic rings. The first-order valence-corrected chi connectivity index (χ1v) is 7.30. The average molecular weight is 284 g/mol. The van der Waals surface area contributed by atoms with E-state index in [1.807, 2.05) is 20.2 Å². The highest BCUT2D eigenvalue weighted by Gasteiger charge is 2.27. The van der Waals surface area contributed by atoms with Gasteiger partial charge < -0.3 is 10.2 Å². The molecule has 0 bridgehead atoms. The van der Waals surface area contributed by atoms with Crippen LogP contribution < -0.4 is 5.32 Å². The monoisotopic (exact) mass is 284 g/mol. The van der Waals surface area contributed by atoms with E-state index in [2.05, 4.69) is 34.7 Å². The Labute approximate surface area is 124 Å². The van der Waals surface area contributed by atoms with Gasteiger partial charge in [0.05, 0.1) is 11.9 Å². The zero-order valence-corrected chi connectivity index (χ0v) is 12.4. The quantitative estimate of drug-likeness (QED) is 0.941. The molecule has 1 aromatic heterocycles. The number of rotatable bonds is 3. The Bertz CT molecular complexity index is 624. The number of nitrogens with one attached hydrogen (secondary N) is 1. The van der Waals surface area contributed by atoms with Crippen molar-refractivity contribution in [3.8, 4) is 0 Å². The molecule has 0 aliphatic heterocycles. The Morgan fingerprint density at radius 2 is 2.05 bits per heavy atom. The number of carbonyl (C=O) groups excluding carboxylic acids is 1. The molecule has 0 radical (unpaired) electrons. The second kappa shape index (κ2) is 5.60. The van der Waals surface area contributed by atoms with Crippen molar-refractivity contribution in [1.82, 2.24) is 14.7 Å². The highest BCUT2D eigenvalue weighted by atomic mass is 16.2. The van der Waals surface area contributed by atoms with Gasteiger partial charge in [-0.15, -0.1) is 0 Å². The lowest BCUT2D eigenvalue weighted by molar-refractivity contribution is 0.205. The lowest BCUT2D eigenvalue weighted by atomic mass is 10.1. The molecule has 0 fully saturated rings. The third-order valence-corrected chi connectivity index (χ3v) is 4.11. The Balaban J connectivity index is 1.63. The van der Waals surface area contributed by atoms with E-state index in [0.717, 1.165) is 25.1 Å². The van der Waals surface area contributed by atoms with Crippen LogP contribution in [0.25, 0.3) is 0 Å². The molecule has 1 heterocycles. The number of amides is 2. The molecular weight excluding hydrogens is 264 g/mol. The number of urea groups is 1. The minimum atomic E-state index is -0.0801. The number of benzene rings is 1. The zero-order chi connectivity index (χ0) is 14.8. The van der Waals surface area contributed by atoms with Gasteiger partial charge in [0.15, 0.2) is 0 Å². The fourth-order valence-electron chi connectivity index (χ4n) is 2.79. The van der Waals surface area contributed by atoms with Crippen LogP contribution in [-0.2, 0) is 19.4 Å². The highest BCUT2D eigenvalue weighted by molar-refractivity contribution is 5.89. The van der Waals surface area contributed by atoms with Crippen molar-refractivity contribution in [2.75, 3.05) is 12.4 Å². The Morgan fingerprint density at radius 3 is 2.62 bits per heavy atom. The number of carbonyl (C=O) groups is 1. The largest absolute Gasteiger partial charge is 0.324 e. The molecular formula is C16H20N4O. The Kier molecular flexibility index (Phi) is 3.64. The number of aromatic nitrogens is 2. The van der Waals surface area contributed by atoms with Gasteiger partial charge in [-0.1, -0.05) is 24.3 Å². The predicted octanol–water partition coefficient (Wildman–Crippen LogP) is 2.53. The topological polar surface area (TPSA) is 50.2 Å². The second-order valence-electron chi connectivity index (χ2n) is 5.46. The number of fused-ring (bicyclic) bond motifs is 1. The molecule has 1 aliphatic carbocycles.